The van der Waals surface area contributed by atoms with Gasteiger partial charge in [0.1, 0.15) is 24.2 Å². The minimum atomic E-state index is -0.826. The summed E-state index contributed by atoms with van der Waals surface area (Å²) in [4.78, 5) is 93.0. The molecule has 5 N–H and O–H groups in total. The number of carbonyl (C=O) groups excluding carboxylic acids is 6. The molecule has 0 bridgehead atoms. The van der Waals surface area contributed by atoms with E-state index in [9.17, 15) is 33.9 Å². The van der Waals surface area contributed by atoms with Gasteiger partial charge in [-0.2, -0.15) is 0 Å². The molecule has 0 saturated carbocycles. The molecular weight excluding hydrogens is 949 g/mol. The van der Waals surface area contributed by atoms with Crippen LogP contribution in [0.3, 0.4) is 0 Å². The van der Waals surface area contributed by atoms with E-state index in [0.717, 1.165) is 43.4 Å². The summed E-state index contributed by atoms with van der Waals surface area (Å²) in [6, 6.07) is 13.1. The third-order valence-corrected chi connectivity index (χ3v) is 14.9. The quantitative estimate of drug-likeness (QED) is 0.0938. The number of nitrogens with one attached hydrogen (secondary N) is 4. The normalized spacial score (nSPS) is 19.2. The lowest BCUT2D eigenvalue weighted by Gasteiger charge is -2.36. The molecule has 2 aromatic heterocycles. The maximum absolute atomic E-state index is 13.7. The summed E-state index contributed by atoms with van der Waals surface area (Å²) in [7, 11) is 0. The molecule has 2 aromatic carbocycles. The highest BCUT2D eigenvalue weighted by atomic mass is 32.1. The zero-order valence-electron chi connectivity index (χ0n) is 45.0. The van der Waals surface area contributed by atoms with E-state index in [-0.39, 0.29) is 54.3 Å². The number of thiazole rings is 2. The van der Waals surface area contributed by atoms with E-state index in [1.807, 2.05) is 143 Å². The summed E-state index contributed by atoms with van der Waals surface area (Å²) in [6.45, 7) is 29.5. The number of aliphatic hydroxyl groups excluding tert-OH is 1. The van der Waals surface area contributed by atoms with Gasteiger partial charge >= 0.3 is 0 Å². The molecule has 4 aromatic rings. The fourth-order valence-corrected chi connectivity index (χ4v) is 10.1. The number of rotatable bonds is 12. The van der Waals surface area contributed by atoms with Crippen molar-refractivity contribution in [3.05, 3.63) is 82.1 Å². The molecule has 17 heteroatoms. The summed E-state index contributed by atoms with van der Waals surface area (Å²) in [6.07, 6.45) is -0.0400. The van der Waals surface area contributed by atoms with Gasteiger partial charge in [0.15, 0.2) is 0 Å². The molecule has 72 heavy (non-hydrogen) atoms. The minimum absolute atomic E-state index is 0.0534. The van der Waals surface area contributed by atoms with Gasteiger partial charge in [-0.25, -0.2) is 9.97 Å². The average molecular weight is 1030 g/mol. The Morgan fingerprint density at radius 2 is 0.958 bits per heavy atom. The number of β-amino-alcohol motifs (C(OH)–C–C–N with tert-alkyl or cyclic N) is 1. The number of likely N-dealkylation sites (tertiary alicyclic amines) is 2. The lowest BCUT2D eigenvalue weighted by atomic mass is 9.84. The number of aromatic nitrogens is 2. The van der Waals surface area contributed by atoms with Crippen LogP contribution in [0.5, 0.6) is 0 Å². The molecule has 392 valence electrons. The first kappa shape index (κ1) is 57.4. The Hall–Kier alpha value is -5.52. The Morgan fingerprint density at radius 3 is 1.29 bits per heavy atom. The fourth-order valence-electron chi connectivity index (χ4n) is 8.49. The van der Waals surface area contributed by atoms with Crippen molar-refractivity contribution in [2.45, 2.75) is 160 Å². The van der Waals surface area contributed by atoms with Crippen molar-refractivity contribution in [2.24, 2.45) is 27.6 Å². The number of nitrogens with zero attached hydrogens (tertiary/aromatic N) is 4. The van der Waals surface area contributed by atoms with Crippen LogP contribution in [0.25, 0.3) is 20.9 Å². The van der Waals surface area contributed by atoms with Gasteiger partial charge in [-0.05, 0) is 59.3 Å². The van der Waals surface area contributed by atoms with Crippen LogP contribution in [0, 0.1) is 41.4 Å². The van der Waals surface area contributed by atoms with E-state index in [1.54, 1.807) is 48.3 Å². The highest BCUT2D eigenvalue weighted by molar-refractivity contribution is 7.13. The predicted molar refractivity (Wildman–Crippen MR) is 285 cm³/mol. The van der Waals surface area contributed by atoms with Crippen LogP contribution in [0.4, 0.5) is 0 Å². The predicted octanol–water partition coefficient (Wildman–Crippen LogP) is 7.82. The fraction of sp³-hybridized carbons (Fsp3) is 0.564. The van der Waals surface area contributed by atoms with E-state index in [2.05, 4.69) is 31.2 Å². The molecule has 0 radical (unpaired) electrons. The molecular formula is C55H78N8O7S2. The van der Waals surface area contributed by atoms with Crippen molar-refractivity contribution in [3.8, 4) is 20.9 Å². The minimum Gasteiger partial charge on any atom is -0.391 e. The highest BCUT2D eigenvalue weighted by Crippen LogP contribution is 2.32. The summed E-state index contributed by atoms with van der Waals surface area (Å²) < 4.78 is 0. The van der Waals surface area contributed by atoms with E-state index in [0.29, 0.717) is 26.1 Å². The summed E-state index contributed by atoms with van der Waals surface area (Å²) in [5.41, 5.74) is 7.39. The third kappa shape index (κ3) is 14.8. The van der Waals surface area contributed by atoms with Gasteiger partial charge in [0.25, 0.3) is 0 Å². The van der Waals surface area contributed by atoms with Gasteiger partial charge in [0, 0.05) is 43.4 Å². The second-order valence-electron chi connectivity index (χ2n) is 23.7. The van der Waals surface area contributed by atoms with Crippen LogP contribution in [-0.2, 0) is 41.9 Å². The molecule has 15 nitrogen and oxygen atoms in total. The smallest absolute Gasteiger partial charge is 0.246 e. The maximum Gasteiger partial charge on any atom is 0.246 e. The summed E-state index contributed by atoms with van der Waals surface area (Å²) in [5, 5.41) is 22.1. The van der Waals surface area contributed by atoms with Crippen LogP contribution in [-0.4, -0.2) is 104 Å². The molecule has 0 spiro atoms. The van der Waals surface area contributed by atoms with E-state index in [1.165, 1.54) is 4.90 Å². The zero-order chi connectivity index (χ0) is 53.7. The Labute approximate surface area is 434 Å². The second kappa shape index (κ2) is 23.1. The Morgan fingerprint density at radius 1 is 0.597 bits per heavy atom. The van der Waals surface area contributed by atoms with Crippen molar-refractivity contribution in [1.29, 1.82) is 0 Å². The average Bonchev–Trinajstić information content (AvgIpc) is 4.11. The number of aliphatic hydroxyl groups is 1. The first-order valence-corrected chi connectivity index (χ1v) is 26.6. The van der Waals surface area contributed by atoms with E-state index < -0.39 is 51.9 Å². The monoisotopic (exact) mass is 1030 g/mol. The lowest BCUT2D eigenvalue weighted by Crippen LogP contribution is -2.59. The zero-order valence-corrected chi connectivity index (χ0v) is 46.6. The third-order valence-electron chi connectivity index (χ3n) is 13.0. The van der Waals surface area contributed by atoms with Crippen molar-refractivity contribution >= 4 is 58.1 Å². The first-order chi connectivity index (χ1) is 33.4. The first-order valence-electron chi connectivity index (χ1n) is 24.8. The molecule has 4 heterocycles. The Kier molecular flexibility index (Phi) is 18.4. The standard InChI is InChI=1S/C28H40N4O3S.C27H38N4O4S/c1-17-13-21(32(15-17)25(34)23(27(3,4)5)31-26(35)28(6,7)8)24(33)29-14-19-9-11-20(12-10-19)22-18(2)30-16-36-22;1-16-21(36-15-29-16)18-10-8-17(9-11-18)13-28-23(33)20-12-19(32)14-31(20)24(34)22(26(2,3)4)30-25(35)27(5,6)7/h9-12,16-17,21,23H,13-15H2,1-8H3,(H,29,33)(H,31,35);8-11,15,19-20,22,32H,12-14H2,1-7H3,(H,28,33)(H,30,35)/t17-,21+,23-;19-,20+,22-/m10/s1. The molecule has 6 rings (SSSR count). The van der Waals surface area contributed by atoms with Crippen LogP contribution in [0.2, 0.25) is 0 Å². The molecule has 2 fully saturated rings. The highest BCUT2D eigenvalue weighted by Gasteiger charge is 2.46. The number of hydrogen-bond acceptors (Lipinski definition) is 11. The van der Waals surface area contributed by atoms with Crippen molar-refractivity contribution in [3.63, 3.8) is 0 Å². The lowest BCUT2D eigenvalue weighted by molar-refractivity contribution is -0.145. The number of hydrogen-bond donors (Lipinski definition) is 5. The molecule has 2 saturated heterocycles. The molecule has 0 unspecified atom stereocenters. The number of aryl methyl sites for hydroxylation is 2. The van der Waals surface area contributed by atoms with Gasteiger partial charge in [-0.1, -0.05) is 139 Å². The maximum atomic E-state index is 13.7. The van der Waals surface area contributed by atoms with Crippen LogP contribution >= 0.6 is 22.7 Å². The number of amides is 6. The number of benzene rings is 2. The van der Waals surface area contributed by atoms with Crippen LogP contribution in [0.1, 0.15) is 125 Å². The van der Waals surface area contributed by atoms with Gasteiger partial charge in [0.05, 0.1) is 38.3 Å². The SMILES string of the molecule is Cc1ncsc1-c1ccc(CNC(=O)[C@@H]2C[C@@H](C)CN2C(=O)[C@@H](NC(=O)C(C)(C)C)C(C)(C)C)cc1.Cc1ncsc1-c1ccc(CNC(=O)[C@H]2C[C@H](O)CN2C(=O)[C@H](NC(=O)C(C)(C)C)C(C)(C)C)cc1. The van der Waals surface area contributed by atoms with Gasteiger partial charge < -0.3 is 36.2 Å². The second-order valence-corrected chi connectivity index (χ2v) is 25.4. The Balaban J connectivity index is 0.000000267. The van der Waals surface area contributed by atoms with Crippen molar-refractivity contribution in [1.82, 2.24) is 41.0 Å². The molecule has 0 aliphatic carbocycles. The van der Waals surface area contributed by atoms with Gasteiger partial charge in [-0.3, -0.25) is 28.8 Å². The summed E-state index contributed by atoms with van der Waals surface area (Å²) >= 11 is 3.20. The van der Waals surface area contributed by atoms with Gasteiger partial charge in [-0.15, -0.1) is 22.7 Å². The largest absolute Gasteiger partial charge is 0.391 e. The Bertz CT molecular complexity index is 2370. The van der Waals surface area contributed by atoms with Crippen LogP contribution < -0.4 is 21.3 Å². The van der Waals surface area contributed by atoms with E-state index in [4.69, 9.17) is 0 Å². The molecule has 6 amide bonds. The van der Waals surface area contributed by atoms with Gasteiger partial charge in [0.2, 0.25) is 35.4 Å². The topological polar surface area (TPSA) is 203 Å². The van der Waals surface area contributed by atoms with Crippen molar-refractivity contribution < 1.29 is 33.9 Å². The molecule has 2 aliphatic rings. The molecule has 2 aliphatic heterocycles. The van der Waals surface area contributed by atoms with Crippen molar-refractivity contribution in [2.75, 3.05) is 13.1 Å². The number of carbonyl (C=O) groups is 6. The molecule has 6 atom stereocenters. The van der Waals surface area contributed by atoms with Crippen LogP contribution in [0.15, 0.2) is 59.6 Å². The summed E-state index contributed by atoms with van der Waals surface area (Å²) in [5.74, 6) is -1.27. The van der Waals surface area contributed by atoms with E-state index >= 15 is 0 Å².